The van der Waals surface area contributed by atoms with Crippen molar-refractivity contribution in [1.82, 2.24) is 10.6 Å². The summed E-state index contributed by atoms with van der Waals surface area (Å²) in [6, 6.07) is 14.7. The van der Waals surface area contributed by atoms with Gasteiger partial charge in [-0.1, -0.05) is 39.7 Å². The van der Waals surface area contributed by atoms with Crippen LogP contribution in [0, 0.1) is 5.92 Å². The van der Waals surface area contributed by atoms with Crippen molar-refractivity contribution in [2.45, 2.75) is 25.3 Å². The molecule has 1 unspecified atom stereocenters. The number of hydrogen-bond acceptors (Lipinski definition) is 2. The third-order valence-electron chi connectivity index (χ3n) is 4.38. The number of amides is 2. The van der Waals surface area contributed by atoms with Crippen molar-refractivity contribution in [2.75, 3.05) is 6.54 Å². The first-order valence-electron chi connectivity index (χ1n) is 8.61. The molecule has 1 fully saturated rings. The van der Waals surface area contributed by atoms with E-state index >= 15 is 0 Å². The molecule has 0 aliphatic heterocycles. The van der Waals surface area contributed by atoms with Gasteiger partial charge < -0.3 is 10.6 Å². The summed E-state index contributed by atoms with van der Waals surface area (Å²) in [5, 5.41) is 6.56. The van der Waals surface area contributed by atoms with Crippen molar-refractivity contribution in [3.63, 3.8) is 0 Å². The lowest BCUT2D eigenvalue weighted by molar-refractivity contribution is -0.121. The summed E-state index contributed by atoms with van der Waals surface area (Å²) in [5.74, 6) is 0.243. The minimum atomic E-state index is -0.179. The highest BCUT2D eigenvalue weighted by molar-refractivity contribution is 9.10. The zero-order valence-electron chi connectivity index (χ0n) is 14.2. The number of nitrogens with one attached hydrogen (secondary N) is 2. The Balaban J connectivity index is 1.49. The Labute approximate surface area is 166 Å². The molecular weight excluding hydrogens is 416 g/mol. The predicted octanol–water partition coefficient (Wildman–Crippen LogP) is 4.49. The molecule has 0 saturated heterocycles. The number of carbonyl (C=O) groups is 2. The first-order valence-corrected chi connectivity index (χ1v) is 9.78. The lowest BCUT2D eigenvalue weighted by Gasteiger charge is -2.19. The molecule has 2 N–H and O–H groups in total. The topological polar surface area (TPSA) is 58.2 Å². The second-order valence-corrected chi connectivity index (χ2v) is 7.80. The Bertz CT molecular complexity index is 773. The highest BCUT2D eigenvalue weighted by atomic mass is 79.9. The van der Waals surface area contributed by atoms with E-state index in [4.69, 9.17) is 11.6 Å². The van der Waals surface area contributed by atoms with Crippen molar-refractivity contribution in [3.8, 4) is 0 Å². The summed E-state index contributed by atoms with van der Waals surface area (Å²) in [4.78, 5) is 24.4. The van der Waals surface area contributed by atoms with Gasteiger partial charge in [0.15, 0.2) is 0 Å². The molecule has 0 spiro atoms. The van der Waals surface area contributed by atoms with E-state index < -0.39 is 0 Å². The molecule has 1 atom stereocenters. The molecule has 1 aliphatic rings. The fraction of sp³-hybridized carbons (Fsp3) is 0.300. The molecular formula is C20H20BrClN2O2. The monoisotopic (exact) mass is 434 g/mol. The Hall–Kier alpha value is -1.85. The summed E-state index contributed by atoms with van der Waals surface area (Å²) in [7, 11) is 0. The Morgan fingerprint density at radius 1 is 1.08 bits per heavy atom. The van der Waals surface area contributed by atoms with E-state index in [1.807, 2.05) is 36.4 Å². The third kappa shape index (κ3) is 5.32. The average molecular weight is 436 g/mol. The zero-order chi connectivity index (χ0) is 18.5. The molecule has 0 heterocycles. The van der Waals surface area contributed by atoms with Crippen LogP contribution in [0.1, 0.15) is 41.2 Å². The van der Waals surface area contributed by atoms with Crippen LogP contribution in [0.3, 0.4) is 0 Å². The number of hydrogen-bond donors (Lipinski definition) is 2. The Morgan fingerprint density at radius 2 is 1.73 bits per heavy atom. The highest BCUT2D eigenvalue weighted by Crippen LogP contribution is 2.41. The fourth-order valence-electron chi connectivity index (χ4n) is 2.81. The minimum absolute atomic E-state index is 0.0157. The van der Waals surface area contributed by atoms with Gasteiger partial charge in [-0.2, -0.15) is 0 Å². The van der Waals surface area contributed by atoms with Crippen molar-refractivity contribution >= 4 is 39.3 Å². The lowest BCUT2D eigenvalue weighted by Crippen LogP contribution is -2.33. The van der Waals surface area contributed by atoms with Crippen molar-refractivity contribution in [1.29, 1.82) is 0 Å². The maximum absolute atomic E-state index is 12.3. The molecule has 0 aromatic heterocycles. The standard InChI is InChI=1S/C20H20BrClN2O2/c21-16-7-3-15(4-8-16)20(26)23-12-11-18(25)24-19(13-1-2-13)14-5-9-17(22)10-6-14/h3-10,13,19H,1-2,11-12H2,(H,23,26)(H,24,25). The minimum Gasteiger partial charge on any atom is -0.352 e. The van der Waals surface area contributed by atoms with Gasteiger partial charge in [0.25, 0.3) is 5.91 Å². The number of halogens is 2. The SMILES string of the molecule is O=C(CCNC(=O)c1ccc(Br)cc1)NC(c1ccc(Cl)cc1)C1CC1. The van der Waals surface area contributed by atoms with Crippen LogP contribution in [0.15, 0.2) is 53.0 Å². The van der Waals surface area contributed by atoms with E-state index in [-0.39, 0.29) is 24.3 Å². The highest BCUT2D eigenvalue weighted by Gasteiger charge is 2.33. The fourth-order valence-corrected chi connectivity index (χ4v) is 3.20. The van der Waals surface area contributed by atoms with Crippen molar-refractivity contribution < 1.29 is 9.59 Å². The van der Waals surface area contributed by atoms with Gasteiger partial charge in [-0.15, -0.1) is 0 Å². The van der Waals surface area contributed by atoms with E-state index in [0.29, 0.717) is 23.0 Å². The van der Waals surface area contributed by atoms with Crippen LogP contribution < -0.4 is 10.6 Å². The van der Waals surface area contributed by atoms with Crippen LogP contribution in [0.2, 0.25) is 5.02 Å². The van der Waals surface area contributed by atoms with Crippen molar-refractivity contribution in [2.24, 2.45) is 5.92 Å². The molecule has 136 valence electrons. The number of carbonyl (C=O) groups excluding carboxylic acids is 2. The van der Waals surface area contributed by atoms with Crippen LogP contribution in [0.4, 0.5) is 0 Å². The summed E-state index contributed by atoms with van der Waals surface area (Å²) in [5.41, 5.74) is 1.65. The molecule has 2 aromatic rings. The summed E-state index contributed by atoms with van der Waals surface area (Å²) >= 11 is 9.28. The molecule has 1 saturated carbocycles. The molecule has 2 amide bonds. The van der Waals surface area contributed by atoms with Crippen molar-refractivity contribution in [3.05, 3.63) is 69.2 Å². The van der Waals surface area contributed by atoms with Crippen LogP contribution in [-0.4, -0.2) is 18.4 Å². The van der Waals surface area contributed by atoms with E-state index in [2.05, 4.69) is 26.6 Å². The molecule has 0 radical (unpaired) electrons. The van der Waals surface area contributed by atoms with Gasteiger partial charge in [0.1, 0.15) is 0 Å². The molecule has 2 aromatic carbocycles. The van der Waals surface area contributed by atoms with Gasteiger partial charge in [-0.05, 0) is 60.7 Å². The number of benzene rings is 2. The Kier molecular flexibility index (Phi) is 6.33. The van der Waals surface area contributed by atoms with Gasteiger partial charge in [-0.25, -0.2) is 0 Å². The smallest absolute Gasteiger partial charge is 0.251 e. The van der Waals surface area contributed by atoms with Gasteiger partial charge in [0.05, 0.1) is 6.04 Å². The summed E-state index contributed by atoms with van der Waals surface area (Å²) < 4.78 is 0.918. The van der Waals surface area contributed by atoms with Gasteiger partial charge in [0.2, 0.25) is 5.91 Å². The van der Waals surface area contributed by atoms with Crippen LogP contribution in [0.25, 0.3) is 0 Å². The summed E-state index contributed by atoms with van der Waals surface area (Å²) in [6.45, 7) is 0.304. The quantitative estimate of drug-likeness (QED) is 0.673. The second kappa shape index (κ2) is 8.69. The lowest BCUT2D eigenvalue weighted by atomic mass is 10.0. The molecule has 1 aliphatic carbocycles. The largest absolute Gasteiger partial charge is 0.352 e. The predicted molar refractivity (Wildman–Crippen MR) is 106 cm³/mol. The molecule has 4 nitrogen and oxygen atoms in total. The van der Waals surface area contributed by atoms with Crippen LogP contribution >= 0.6 is 27.5 Å². The second-order valence-electron chi connectivity index (χ2n) is 6.45. The first-order chi connectivity index (χ1) is 12.5. The zero-order valence-corrected chi connectivity index (χ0v) is 16.5. The van der Waals surface area contributed by atoms with Gasteiger partial charge in [-0.3, -0.25) is 9.59 Å². The first kappa shape index (κ1) is 18.9. The Morgan fingerprint density at radius 3 is 2.35 bits per heavy atom. The maximum atomic E-state index is 12.3. The van der Waals surface area contributed by atoms with E-state index in [1.54, 1.807) is 12.1 Å². The van der Waals surface area contributed by atoms with Gasteiger partial charge >= 0.3 is 0 Å². The maximum Gasteiger partial charge on any atom is 0.251 e. The third-order valence-corrected chi connectivity index (χ3v) is 5.16. The molecule has 6 heteroatoms. The molecule has 26 heavy (non-hydrogen) atoms. The van der Waals surface area contributed by atoms with Gasteiger partial charge in [0, 0.05) is 28.0 Å². The van der Waals surface area contributed by atoms with Crippen LogP contribution in [0.5, 0.6) is 0 Å². The van der Waals surface area contributed by atoms with E-state index in [9.17, 15) is 9.59 Å². The molecule has 0 bridgehead atoms. The van der Waals surface area contributed by atoms with Crippen LogP contribution in [-0.2, 0) is 4.79 Å². The molecule has 3 rings (SSSR count). The van der Waals surface area contributed by atoms with E-state index in [1.165, 1.54) is 0 Å². The average Bonchev–Trinajstić information content (AvgIpc) is 3.46. The number of rotatable bonds is 7. The van der Waals surface area contributed by atoms with E-state index in [0.717, 1.165) is 22.9 Å². The normalized spacial score (nSPS) is 14.5. The summed E-state index contributed by atoms with van der Waals surface area (Å²) in [6.07, 6.45) is 2.49.